The van der Waals surface area contributed by atoms with Gasteiger partial charge in [0, 0.05) is 5.54 Å². The lowest BCUT2D eigenvalue weighted by molar-refractivity contribution is -0.0674. The fraction of sp³-hybridized carbons (Fsp3) is 1.00. The lowest BCUT2D eigenvalue weighted by atomic mass is 9.47. The quantitative estimate of drug-likeness (QED) is 0.523. The van der Waals surface area contributed by atoms with Crippen molar-refractivity contribution < 1.29 is 0 Å². The van der Waals surface area contributed by atoms with E-state index in [-0.39, 0.29) is 11.0 Å². The van der Waals surface area contributed by atoms with E-state index in [1.165, 1.54) is 38.5 Å². The van der Waals surface area contributed by atoms with Gasteiger partial charge in [-0.3, -0.25) is 0 Å². The van der Waals surface area contributed by atoms with Gasteiger partial charge in [0.2, 0.25) is 0 Å². The van der Waals surface area contributed by atoms with Gasteiger partial charge >= 0.3 is 0 Å². The van der Waals surface area contributed by atoms with Crippen LogP contribution in [-0.4, -0.2) is 5.54 Å². The molecule has 0 amide bonds. The summed E-state index contributed by atoms with van der Waals surface area (Å²) in [5.74, 6) is 0. The van der Waals surface area contributed by atoms with Gasteiger partial charge in [0.15, 0.2) is 0 Å². The van der Waals surface area contributed by atoms with Crippen molar-refractivity contribution in [1.82, 2.24) is 0 Å². The zero-order chi connectivity index (χ0) is 15.2. The summed E-state index contributed by atoms with van der Waals surface area (Å²) in [5, 5.41) is 0. The highest BCUT2D eigenvalue weighted by atomic mass is 14.8. The third kappa shape index (κ3) is 2.86. The lowest BCUT2D eigenvalue weighted by Crippen LogP contribution is -2.62. The number of nitrogens with two attached hydrogens (primary N) is 1. The molecule has 2 N–H and O–H groups in total. The summed E-state index contributed by atoms with van der Waals surface area (Å²) in [7, 11) is 0. The van der Waals surface area contributed by atoms with Crippen LogP contribution in [-0.2, 0) is 0 Å². The van der Waals surface area contributed by atoms with Crippen LogP contribution in [0.2, 0.25) is 0 Å². The van der Waals surface area contributed by atoms with Crippen molar-refractivity contribution in [1.29, 1.82) is 0 Å². The van der Waals surface area contributed by atoms with Gasteiger partial charge in [0.1, 0.15) is 0 Å². The Morgan fingerprint density at radius 3 is 1.26 bits per heavy atom. The maximum Gasteiger partial charge on any atom is 0.0211 e. The van der Waals surface area contributed by atoms with Gasteiger partial charge in [0.25, 0.3) is 0 Å². The molecular weight excluding hydrogens is 230 g/mol. The molecule has 0 aliphatic carbocycles. The second-order valence-corrected chi connectivity index (χ2v) is 6.39. The van der Waals surface area contributed by atoms with Crippen molar-refractivity contribution in [2.45, 2.75) is 105 Å². The number of hydrogen-bond donors (Lipinski definition) is 1. The molecule has 0 saturated heterocycles. The Labute approximate surface area is 122 Å². The first-order valence-electron chi connectivity index (χ1n) is 8.71. The third-order valence-corrected chi connectivity index (χ3v) is 6.52. The average Bonchev–Trinajstić information content (AvgIpc) is 2.47. The van der Waals surface area contributed by atoms with Gasteiger partial charge in [-0.25, -0.2) is 0 Å². The molecule has 0 aromatic rings. The van der Waals surface area contributed by atoms with E-state index in [0.29, 0.717) is 5.41 Å². The highest BCUT2D eigenvalue weighted by molar-refractivity contribution is 5.09. The monoisotopic (exact) mass is 269 g/mol. The second-order valence-electron chi connectivity index (χ2n) is 6.39. The molecule has 0 aromatic carbocycles. The third-order valence-electron chi connectivity index (χ3n) is 6.52. The SMILES string of the molecule is CCCC(CC)(CC)C(CC)(CC)C(N)(CC)CC. The molecule has 1 heteroatoms. The molecule has 0 fully saturated rings. The summed E-state index contributed by atoms with van der Waals surface area (Å²) in [5.41, 5.74) is 7.64. The smallest absolute Gasteiger partial charge is 0.0211 e. The maximum absolute atomic E-state index is 6.96. The first-order valence-corrected chi connectivity index (χ1v) is 8.71. The molecule has 0 atom stereocenters. The molecule has 116 valence electrons. The second kappa shape index (κ2) is 7.67. The Morgan fingerprint density at radius 1 is 0.632 bits per heavy atom. The van der Waals surface area contributed by atoms with Crippen LogP contribution in [0.15, 0.2) is 0 Å². The van der Waals surface area contributed by atoms with Gasteiger partial charge in [-0.05, 0) is 55.8 Å². The van der Waals surface area contributed by atoms with Gasteiger partial charge in [-0.15, -0.1) is 0 Å². The number of hydrogen-bond acceptors (Lipinski definition) is 1. The Kier molecular flexibility index (Phi) is 7.65. The summed E-state index contributed by atoms with van der Waals surface area (Å²) in [6.07, 6.45) is 9.73. The molecule has 1 nitrogen and oxygen atoms in total. The predicted molar refractivity (Wildman–Crippen MR) is 88.4 cm³/mol. The van der Waals surface area contributed by atoms with Gasteiger partial charge in [0.05, 0.1) is 0 Å². The van der Waals surface area contributed by atoms with E-state index in [2.05, 4.69) is 48.5 Å². The van der Waals surface area contributed by atoms with Crippen molar-refractivity contribution >= 4 is 0 Å². The Balaban J connectivity index is 5.96. The highest BCUT2D eigenvalue weighted by Gasteiger charge is 2.55. The summed E-state index contributed by atoms with van der Waals surface area (Å²) < 4.78 is 0. The van der Waals surface area contributed by atoms with Crippen LogP contribution in [0.1, 0.15) is 99.8 Å². The van der Waals surface area contributed by atoms with Crippen LogP contribution in [0, 0.1) is 10.8 Å². The zero-order valence-corrected chi connectivity index (χ0v) is 14.7. The van der Waals surface area contributed by atoms with Crippen LogP contribution < -0.4 is 5.73 Å². The van der Waals surface area contributed by atoms with E-state index in [0.717, 1.165) is 12.8 Å². The van der Waals surface area contributed by atoms with E-state index < -0.39 is 0 Å². The fourth-order valence-electron chi connectivity index (χ4n) is 5.16. The van der Waals surface area contributed by atoms with E-state index >= 15 is 0 Å². The van der Waals surface area contributed by atoms with Crippen molar-refractivity contribution in [3.63, 3.8) is 0 Å². The summed E-state index contributed by atoms with van der Waals surface area (Å²) in [4.78, 5) is 0. The predicted octanol–water partition coefficient (Wildman–Crippen LogP) is 5.92. The largest absolute Gasteiger partial charge is 0.325 e. The molecule has 0 radical (unpaired) electrons. The van der Waals surface area contributed by atoms with E-state index in [9.17, 15) is 0 Å². The molecule has 0 unspecified atom stereocenters. The van der Waals surface area contributed by atoms with E-state index in [1.54, 1.807) is 0 Å². The lowest BCUT2D eigenvalue weighted by Gasteiger charge is -2.59. The first-order chi connectivity index (χ1) is 8.92. The Hall–Kier alpha value is -0.0400. The standard InChI is InChI=1S/C18H39N/c1-8-15-16(9-2,10-3)17(11-4,12-5)18(19,13-6)14-7/h8-15,19H2,1-7H3. The van der Waals surface area contributed by atoms with Gasteiger partial charge in [-0.1, -0.05) is 54.9 Å². The fourth-order valence-corrected chi connectivity index (χ4v) is 5.16. The zero-order valence-electron chi connectivity index (χ0n) is 14.7. The molecule has 0 bridgehead atoms. The van der Waals surface area contributed by atoms with Crippen molar-refractivity contribution in [3.05, 3.63) is 0 Å². The minimum Gasteiger partial charge on any atom is -0.325 e. The number of rotatable bonds is 10. The molecule has 0 aliphatic heterocycles. The molecule has 19 heavy (non-hydrogen) atoms. The minimum absolute atomic E-state index is 0.0162. The maximum atomic E-state index is 6.96. The van der Waals surface area contributed by atoms with Crippen molar-refractivity contribution in [2.24, 2.45) is 16.6 Å². The van der Waals surface area contributed by atoms with Crippen molar-refractivity contribution in [2.75, 3.05) is 0 Å². The normalized spacial score (nSPS) is 13.9. The molecular formula is C18H39N. The molecule has 0 rings (SSSR count). The molecule has 0 aromatic heterocycles. The highest BCUT2D eigenvalue weighted by Crippen LogP contribution is 2.59. The topological polar surface area (TPSA) is 26.0 Å². The minimum atomic E-state index is -0.0162. The summed E-state index contributed by atoms with van der Waals surface area (Å²) >= 11 is 0. The van der Waals surface area contributed by atoms with Crippen molar-refractivity contribution in [3.8, 4) is 0 Å². The van der Waals surface area contributed by atoms with Gasteiger partial charge < -0.3 is 5.73 Å². The van der Waals surface area contributed by atoms with Gasteiger partial charge in [-0.2, -0.15) is 0 Å². The summed E-state index contributed by atoms with van der Waals surface area (Å²) in [6, 6.07) is 0. The van der Waals surface area contributed by atoms with Crippen LogP contribution >= 0.6 is 0 Å². The molecule has 0 heterocycles. The summed E-state index contributed by atoms with van der Waals surface area (Å²) in [6.45, 7) is 16.4. The Morgan fingerprint density at radius 2 is 1.05 bits per heavy atom. The Bertz CT molecular complexity index is 232. The first kappa shape index (κ1) is 19.0. The average molecular weight is 270 g/mol. The van der Waals surface area contributed by atoms with Crippen LogP contribution in [0.3, 0.4) is 0 Å². The van der Waals surface area contributed by atoms with E-state index in [4.69, 9.17) is 5.73 Å². The van der Waals surface area contributed by atoms with E-state index in [1.807, 2.05) is 0 Å². The molecule has 0 saturated carbocycles. The molecule has 0 aliphatic rings. The van der Waals surface area contributed by atoms with Crippen LogP contribution in [0.4, 0.5) is 0 Å². The van der Waals surface area contributed by atoms with Crippen LogP contribution in [0.25, 0.3) is 0 Å². The molecule has 0 spiro atoms. The van der Waals surface area contributed by atoms with Crippen LogP contribution in [0.5, 0.6) is 0 Å².